The number of hydrogen-bond acceptors (Lipinski definition) is 0. The zero-order chi connectivity index (χ0) is 48.6. The van der Waals surface area contributed by atoms with Gasteiger partial charge in [0.25, 0.3) is 0 Å². The summed E-state index contributed by atoms with van der Waals surface area (Å²) < 4.78 is 0. The number of rotatable bonds is 6. The van der Waals surface area contributed by atoms with Gasteiger partial charge in [-0.25, -0.2) is 0 Å². The topological polar surface area (TPSA) is 0 Å². The second kappa shape index (κ2) is 17.6. The summed E-state index contributed by atoms with van der Waals surface area (Å²) in [4.78, 5) is 0. The highest BCUT2D eigenvalue weighted by Gasteiger charge is 2.34. The monoisotopic (exact) mass is 895 g/mol. The van der Waals surface area contributed by atoms with Gasteiger partial charge in [0.1, 0.15) is 0 Å². The van der Waals surface area contributed by atoms with Gasteiger partial charge in [-0.2, -0.15) is 0 Å². The molecule has 0 fully saturated rings. The summed E-state index contributed by atoms with van der Waals surface area (Å²) in [7, 11) is -2.08. The summed E-state index contributed by atoms with van der Waals surface area (Å²) in [5.74, 6) is 0. The highest BCUT2D eigenvalue weighted by atomic mass is 31.1. The molecule has 0 aromatic heterocycles. The maximum atomic E-state index is 2.59. The third kappa shape index (κ3) is 12.1. The molecule has 0 N–H and O–H groups in total. The van der Waals surface area contributed by atoms with E-state index in [0.717, 1.165) is 0 Å². The Morgan fingerprint density at radius 1 is 0.219 bits per heavy atom. The van der Waals surface area contributed by atoms with E-state index in [9.17, 15) is 0 Å². The zero-order valence-corrected chi connectivity index (χ0v) is 46.9. The normalized spacial score (nSPS) is 13.9. The molecular weight excluding hydrogens is 807 g/mol. The van der Waals surface area contributed by atoms with Crippen LogP contribution in [0.1, 0.15) is 211 Å². The third-order valence-corrected chi connectivity index (χ3v) is 18.0. The zero-order valence-electron chi connectivity index (χ0n) is 45.1. The third-order valence-electron chi connectivity index (χ3n) is 13.0. The molecule has 0 saturated carbocycles. The molecule has 0 bridgehead atoms. The summed E-state index contributed by atoms with van der Waals surface area (Å²) in [6.45, 7) is 57.2. The first-order chi connectivity index (χ1) is 28.8. The van der Waals surface area contributed by atoms with Crippen molar-refractivity contribution in [2.75, 3.05) is 0 Å². The van der Waals surface area contributed by atoms with Gasteiger partial charge in [-0.05, 0) is 135 Å². The molecule has 0 aliphatic heterocycles. The van der Waals surface area contributed by atoms with Gasteiger partial charge in [-0.3, -0.25) is 0 Å². The van der Waals surface area contributed by atoms with Crippen LogP contribution in [0.4, 0.5) is 0 Å². The first-order valence-corrected chi connectivity index (χ1v) is 26.8. The summed E-state index contributed by atoms with van der Waals surface area (Å²) in [6.07, 6.45) is 0. The Labute approximate surface area is 396 Å². The molecule has 0 atom stereocenters. The van der Waals surface area contributed by atoms with Gasteiger partial charge < -0.3 is 0 Å². The van der Waals surface area contributed by atoms with Crippen LogP contribution in [-0.4, -0.2) is 0 Å². The van der Waals surface area contributed by atoms with Gasteiger partial charge in [0.15, 0.2) is 0 Å². The van der Waals surface area contributed by atoms with E-state index in [1.807, 2.05) is 0 Å². The Balaban J connectivity index is 2.09. The predicted octanol–water partition coefficient (Wildman–Crippen LogP) is 15.6. The van der Waals surface area contributed by atoms with E-state index in [-0.39, 0.29) is 43.3 Å². The fraction of sp³-hybridized carbons (Fsp3) is 0.516. The van der Waals surface area contributed by atoms with E-state index in [2.05, 4.69) is 263 Å². The molecule has 0 amide bonds. The Hall–Kier alpha value is -3.04. The molecule has 0 radical (unpaired) electrons. The van der Waals surface area contributed by atoms with Crippen LogP contribution in [0, 0.1) is 0 Å². The average molecular weight is 895 g/mol. The molecule has 346 valence electrons. The van der Waals surface area contributed by atoms with E-state index >= 15 is 0 Å². The molecule has 5 aromatic rings. The van der Waals surface area contributed by atoms with Crippen LogP contribution >= 0.6 is 15.8 Å². The lowest BCUT2D eigenvalue weighted by atomic mass is 9.81. The van der Waals surface area contributed by atoms with Crippen molar-refractivity contribution in [1.29, 1.82) is 0 Å². The van der Waals surface area contributed by atoms with Gasteiger partial charge in [-0.15, -0.1) is 0 Å². The molecule has 64 heavy (non-hydrogen) atoms. The molecule has 0 heterocycles. The smallest absolute Gasteiger partial charge is 0.00675 e. The fourth-order valence-corrected chi connectivity index (χ4v) is 13.7. The summed E-state index contributed by atoms with van der Waals surface area (Å²) in [6, 6.07) is 40.5. The van der Waals surface area contributed by atoms with Crippen LogP contribution in [0.2, 0.25) is 0 Å². The standard InChI is InChI=1S/C62H88P2/c1-55(2,3)41-29-42(56(4,5)6)34-49(33-41)63(50-35-43(57(7,8)9)30-44(36-50)58(10,11)12)53-27-25-26-28-54(53)64(51-37-45(59(13,14)15)31-46(38-51)60(16,17)18)52-39-47(61(19,20)21)32-48(40-52)62(22,23)24/h25-40H,1-24H3. The first kappa shape index (κ1) is 51.9. The van der Waals surface area contributed by atoms with Crippen LogP contribution in [0.25, 0.3) is 0 Å². The molecule has 2 heteroatoms. The lowest BCUT2D eigenvalue weighted by Crippen LogP contribution is -2.37. The van der Waals surface area contributed by atoms with Crippen molar-refractivity contribution in [3.8, 4) is 0 Å². The summed E-state index contributed by atoms with van der Waals surface area (Å²) in [5, 5.41) is 8.71. The molecule has 0 aliphatic rings. The Morgan fingerprint density at radius 3 is 0.484 bits per heavy atom. The van der Waals surface area contributed by atoms with Crippen LogP contribution in [0.15, 0.2) is 97.1 Å². The molecule has 0 unspecified atom stereocenters. The molecule has 0 nitrogen and oxygen atoms in total. The van der Waals surface area contributed by atoms with Crippen LogP contribution in [-0.2, 0) is 43.3 Å². The largest absolute Gasteiger partial charge is 0.0616 e. The summed E-state index contributed by atoms with van der Waals surface area (Å²) in [5.41, 5.74) is 11.2. The molecular formula is C62H88P2. The van der Waals surface area contributed by atoms with Crippen LogP contribution in [0.5, 0.6) is 0 Å². The van der Waals surface area contributed by atoms with E-state index < -0.39 is 15.8 Å². The van der Waals surface area contributed by atoms with Gasteiger partial charge in [0.05, 0.1) is 0 Å². The van der Waals surface area contributed by atoms with Crippen molar-refractivity contribution in [1.82, 2.24) is 0 Å². The van der Waals surface area contributed by atoms with Crippen molar-refractivity contribution >= 4 is 47.7 Å². The van der Waals surface area contributed by atoms with Crippen molar-refractivity contribution in [3.05, 3.63) is 142 Å². The van der Waals surface area contributed by atoms with Crippen LogP contribution in [0.3, 0.4) is 0 Å². The Bertz CT molecular complexity index is 2000. The summed E-state index contributed by atoms with van der Waals surface area (Å²) >= 11 is 0. The molecule has 0 spiro atoms. The van der Waals surface area contributed by atoms with Crippen LogP contribution < -0.4 is 31.8 Å². The van der Waals surface area contributed by atoms with Crippen molar-refractivity contribution in [2.45, 2.75) is 209 Å². The van der Waals surface area contributed by atoms with Gasteiger partial charge >= 0.3 is 0 Å². The highest BCUT2D eigenvalue weighted by molar-refractivity contribution is 7.85. The number of benzene rings is 5. The van der Waals surface area contributed by atoms with E-state index in [4.69, 9.17) is 0 Å². The molecule has 0 saturated heterocycles. The second-order valence-electron chi connectivity index (χ2n) is 27.2. The predicted molar refractivity (Wildman–Crippen MR) is 293 cm³/mol. The first-order valence-electron chi connectivity index (χ1n) is 24.1. The van der Waals surface area contributed by atoms with E-state index in [1.165, 1.54) is 76.3 Å². The quantitative estimate of drug-likeness (QED) is 0.149. The molecule has 5 aromatic carbocycles. The van der Waals surface area contributed by atoms with Crippen molar-refractivity contribution in [2.24, 2.45) is 0 Å². The minimum atomic E-state index is -1.04. The highest BCUT2D eigenvalue weighted by Crippen LogP contribution is 2.45. The van der Waals surface area contributed by atoms with Gasteiger partial charge in [-0.1, -0.05) is 263 Å². The van der Waals surface area contributed by atoms with Crippen molar-refractivity contribution in [3.63, 3.8) is 0 Å². The minimum absolute atomic E-state index is 0.0134. The maximum absolute atomic E-state index is 2.59. The fourth-order valence-electron chi connectivity index (χ4n) is 8.12. The lowest BCUT2D eigenvalue weighted by Gasteiger charge is -2.34. The molecule has 0 aliphatic carbocycles. The van der Waals surface area contributed by atoms with Gasteiger partial charge in [0.2, 0.25) is 0 Å². The van der Waals surface area contributed by atoms with Crippen molar-refractivity contribution < 1.29 is 0 Å². The van der Waals surface area contributed by atoms with Gasteiger partial charge in [0, 0.05) is 0 Å². The minimum Gasteiger partial charge on any atom is -0.0616 e. The van der Waals surface area contributed by atoms with E-state index in [1.54, 1.807) is 0 Å². The maximum Gasteiger partial charge on any atom is -0.00675 e. The number of hydrogen-bond donors (Lipinski definition) is 0. The lowest BCUT2D eigenvalue weighted by molar-refractivity contribution is 0.568. The Kier molecular flexibility index (Phi) is 14.2. The average Bonchev–Trinajstić information content (AvgIpc) is 3.12. The van der Waals surface area contributed by atoms with E-state index in [0.29, 0.717) is 0 Å². The second-order valence-corrected chi connectivity index (χ2v) is 31.6. The Morgan fingerprint density at radius 2 is 0.359 bits per heavy atom. The SMILES string of the molecule is CC(C)(C)c1cc(P(c2cc(C(C)(C)C)cc(C(C)(C)C)c2)c2ccccc2P(c2cc(C(C)(C)C)cc(C(C)(C)C)c2)c2cc(C(C)(C)C)cc(C(C)(C)C)c2)cc(C(C)(C)C)c1. The molecule has 5 rings (SSSR count).